The quantitative estimate of drug-likeness (QED) is 0.828. The lowest BCUT2D eigenvalue weighted by Crippen LogP contribution is -2.15. The molecule has 0 aromatic heterocycles. The van der Waals surface area contributed by atoms with Gasteiger partial charge in [-0.2, -0.15) is 0 Å². The van der Waals surface area contributed by atoms with Crippen LogP contribution in [-0.2, 0) is 16.1 Å². The molecule has 2 atom stereocenters. The summed E-state index contributed by atoms with van der Waals surface area (Å²) < 4.78 is 5.53. The van der Waals surface area contributed by atoms with E-state index in [1.165, 1.54) is 0 Å². The Morgan fingerprint density at radius 1 is 1.50 bits per heavy atom. The Morgan fingerprint density at radius 3 is 2.75 bits per heavy atom. The second kappa shape index (κ2) is 4.26. The minimum Gasteiger partial charge on any atom is -0.481 e. The van der Waals surface area contributed by atoms with Gasteiger partial charge in [-0.25, -0.2) is 0 Å². The van der Waals surface area contributed by atoms with Crippen LogP contribution < -0.4 is 0 Å². The first-order valence-electron chi connectivity index (χ1n) is 5.48. The van der Waals surface area contributed by atoms with E-state index in [1.807, 2.05) is 30.3 Å². The van der Waals surface area contributed by atoms with Crippen molar-refractivity contribution in [3.63, 3.8) is 0 Å². The summed E-state index contributed by atoms with van der Waals surface area (Å²) in [4.78, 5) is 10.9. The van der Waals surface area contributed by atoms with E-state index in [0.717, 1.165) is 12.0 Å². The molecule has 1 fully saturated rings. The Balaban J connectivity index is 1.73. The highest BCUT2D eigenvalue weighted by Gasteiger charge is 2.56. The Hall–Kier alpha value is -1.35. The number of hydrogen-bond acceptors (Lipinski definition) is 2. The molecule has 0 aliphatic heterocycles. The van der Waals surface area contributed by atoms with Gasteiger partial charge in [0.1, 0.15) is 0 Å². The molecular weight excluding hydrogens is 204 g/mol. The Morgan fingerprint density at radius 2 is 2.19 bits per heavy atom. The van der Waals surface area contributed by atoms with Crippen LogP contribution in [0.3, 0.4) is 0 Å². The zero-order chi connectivity index (χ0) is 11.6. The first-order chi connectivity index (χ1) is 7.63. The molecule has 1 unspecified atom stereocenters. The number of hydrogen-bond donors (Lipinski definition) is 1. The van der Waals surface area contributed by atoms with Crippen LogP contribution in [-0.4, -0.2) is 17.7 Å². The van der Waals surface area contributed by atoms with Crippen molar-refractivity contribution >= 4 is 5.97 Å². The van der Waals surface area contributed by atoms with E-state index in [2.05, 4.69) is 0 Å². The maximum atomic E-state index is 10.9. The van der Waals surface area contributed by atoms with E-state index in [0.29, 0.717) is 13.2 Å². The highest BCUT2D eigenvalue weighted by Crippen LogP contribution is 2.52. The van der Waals surface area contributed by atoms with Crippen molar-refractivity contribution in [2.24, 2.45) is 11.3 Å². The topological polar surface area (TPSA) is 46.5 Å². The van der Waals surface area contributed by atoms with E-state index in [9.17, 15) is 4.79 Å². The second-order valence-corrected chi connectivity index (χ2v) is 4.62. The van der Waals surface area contributed by atoms with Crippen molar-refractivity contribution in [2.45, 2.75) is 20.0 Å². The molecule has 1 aromatic rings. The number of carbonyl (C=O) groups is 1. The first kappa shape index (κ1) is 11.1. The Bertz CT molecular complexity index is 374. The van der Waals surface area contributed by atoms with Gasteiger partial charge in [0.2, 0.25) is 0 Å². The number of carboxylic acid groups (broad SMARTS) is 1. The van der Waals surface area contributed by atoms with Crippen molar-refractivity contribution in [3.8, 4) is 0 Å². The summed E-state index contributed by atoms with van der Waals surface area (Å²) >= 11 is 0. The fourth-order valence-electron chi connectivity index (χ4n) is 1.85. The zero-order valence-corrected chi connectivity index (χ0v) is 9.35. The van der Waals surface area contributed by atoms with Gasteiger partial charge in [0.15, 0.2) is 0 Å². The monoisotopic (exact) mass is 220 g/mol. The fraction of sp³-hybridized carbons (Fsp3) is 0.462. The molecular formula is C13H16O3. The maximum absolute atomic E-state index is 10.9. The van der Waals surface area contributed by atoms with Crippen LogP contribution in [0.1, 0.15) is 18.9 Å². The molecule has 3 heteroatoms. The van der Waals surface area contributed by atoms with E-state index in [-0.39, 0.29) is 5.92 Å². The largest absolute Gasteiger partial charge is 0.481 e. The molecule has 1 aliphatic rings. The van der Waals surface area contributed by atoms with E-state index in [1.54, 1.807) is 6.92 Å². The highest BCUT2D eigenvalue weighted by molar-refractivity contribution is 5.78. The summed E-state index contributed by atoms with van der Waals surface area (Å²) in [5, 5.41) is 8.94. The SMILES string of the molecule is C[C@]1(C(=O)O)CC1COCc1ccccc1. The minimum atomic E-state index is -0.708. The molecule has 16 heavy (non-hydrogen) atoms. The average molecular weight is 220 g/mol. The highest BCUT2D eigenvalue weighted by atomic mass is 16.5. The van der Waals surface area contributed by atoms with Crippen LogP contribution in [0.25, 0.3) is 0 Å². The van der Waals surface area contributed by atoms with Gasteiger partial charge < -0.3 is 9.84 Å². The van der Waals surface area contributed by atoms with Gasteiger partial charge in [-0.05, 0) is 24.8 Å². The molecule has 1 aromatic carbocycles. The van der Waals surface area contributed by atoms with Crippen molar-refractivity contribution in [1.82, 2.24) is 0 Å². The van der Waals surface area contributed by atoms with Crippen molar-refractivity contribution in [2.75, 3.05) is 6.61 Å². The van der Waals surface area contributed by atoms with Gasteiger partial charge in [-0.1, -0.05) is 30.3 Å². The molecule has 1 saturated carbocycles. The van der Waals surface area contributed by atoms with Gasteiger partial charge in [0, 0.05) is 0 Å². The van der Waals surface area contributed by atoms with Crippen LogP contribution >= 0.6 is 0 Å². The van der Waals surface area contributed by atoms with Crippen LogP contribution in [0.5, 0.6) is 0 Å². The zero-order valence-electron chi connectivity index (χ0n) is 9.35. The molecule has 0 saturated heterocycles. The molecule has 0 heterocycles. The molecule has 0 bridgehead atoms. The van der Waals surface area contributed by atoms with E-state index >= 15 is 0 Å². The third-order valence-corrected chi connectivity index (χ3v) is 3.33. The molecule has 1 aliphatic carbocycles. The Kier molecular flexibility index (Phi) is 2.97. The van der Waals surface area contributed by atoms with Gasteiger partial charge in [-0.3, -0.25) is 4.79 Å². The molecule has 1 N–H and O–H groups in total. The number of ether oxygens (including phenoxy) is 1. The smallest absolute Gasteiger partial charge is 0.309 e. The molecule has 86 valence electrons. The average Bonchev–Trinajstić information content (AvgIpc) is 2.93. The lowest BCUT2D eigenvalue weighted by atomic mass is 10.1. The van der Waals surface area contributed by atoms with Gasteiger partial charge >= 0.3 is 5.97 Å². The molecule has 2 rings (SSSR count). The summed E-state index contributed by atoms with van der Waals surface area (Å²) in [7, 11) is 0. The molecule has 0 amide bonds. The normalized spacial score (nSPS) is 27.7. The van der Waals surface area contributed by atoms with Gasteiger partial charge in [0.25, 0.3) is 0 Å². The lowest BCUT2D eigenvalue weighted by molar-refractivity contribution is -0.143. The summed E-state index contributed by atoms with van der Waals surface area (Å²) in [6.45, 7) is 2.89. The maximum Gasteiger partial charge on any atom is 0.309 e. The third-order valence-electron chi connectivity index (χ3n) is 3.33. The summed E-state index contributed by atoms with van der Waals surface area (Å²) in [6.07, 6.45) is 0.733. The first-order valence-corrected chi connectivity index (χ1v) is 5.48. The van der Waals surface area contributed by atoms with Gasteiger partial charge in [0.05, 0.1) is 18.6 Å². The van der Waals surface area contributed by atoms with E-state index in [4.69, 9.17) is 9.84 Å². The van der Waals surface area contributed by atoms with Gasteiger partial charge in [-0.15, -0.1) is 0 Å². The molecule has 0 spiro atoms. The van der Waals surface area contributed by atoms with Crippen molar-refractivity contribution in [3.05, 3.63) is 35.9 Å². The van der Waals surface area contributed by atoms with E-state index < -0.39 is 11.4 Å². The summed E-state index contributed by atoms with van der Waals surface area (Å²) in [6, 6.07) is 9.91. The number of benzene rings is 1. The minimum absolute atomic E-state index is 0.175. The van der Waals surface area contributed by atoms with Crippen molar-refractivity contribution in [1.29, 1.82) is 0 Å². The summed E-state index contributed by atoms with van der Waals surface area (Å²) in [5.74, 6) is -0.533. The predicted octanol–water partition coefficient (Wildman–Crippen LogP) is 2.31. The predicted molar refractivity (Wildman–Crippen MR) is 59.9 cm³/mol. The lowest BCUT2D eigenvalue weighted by Gasteiger charge is -2.06. The molecule has 0 radical (unpaired) electrons. The third kappa shape index (κ3) is 2.25. The number of rotatable bonds is 5. The van der Waals surface area contributed by atoms with Crippen LogP contribution in [0.4, 0.5) is 0 Å². The number of aliphatic carboxylic acids is 1. The van der Waals surface area contributed by atoms with Crippen LogP contribution in [0, 0.1) is 11.3 Å². The van der Waals surface area contributed by atoms with Crippen LogP contribution in [0.2, 0.25) is 0 Å². The fourth-order valence-corrected chi connectivity index (χ4v) is 1.85. The molecule has 3 nitrogen and oxygen atoms in total. The van der Waals surface area contributed by atoms with Crippen LogP contribution in [0.15, 0.2) is 30.3 Å². The standard InChI is InChI=1S/C13H16O3/c1-13(12(14)15)7-11(13)9-16-8-10-5-3-2-4-6-10/h2-6,11H,7-9H2,1H3,(H,14,15)/t11?,13-/m0/s1. The second-order valence-electron chi connectivity index (χ2n) is 4.62. The Labute approximate surface area is 95.0 Å². The number of carboxylic acids is 1. The summed E-state index contributed by atoms with van der Waals surface area (Å²) in [5.41, 5.74) is 0.580. The van der Waals surface area contributed by atoms with Crippen molar-refractivity contribution < 1.29 is 14.6 Å².